The number of benzene rings is 2. The third-order valence-electron chi connectivity index (χ3n) is 3.86. The largest absolute Gasteiger partial charge is 0.486 e. The molecule has 3 aromatic rings. The van der Waals surface area contributed by atoms with Crippen LogP contribution in [-0.4, -0.2) is 34.8 Å². The number of para-hydroxylation sites is 2. The van der Waals surface area contributed by atoms with Crippen LogP contribution in [0.1, 0.15) is 11.7 Å². The van der Waals surface area contributed by atoms with Crippen molar-refractivity contribution >= 4 is 28.6 Å². The van der Waals surface area contributed by atoms with Gasteiger partial charge in [-0.15, -0.1) is 0 Å². The fourth-order valence-corrected chi connectivity index (χ4v) is 2.94. The van der Waals surface area contributed by atoms with E-state index in [1.165, 1.54) is 0 Å². The highest BCUT2D eigenvalue weighted by molar-refractivity contribution is 6.32. The summed E-state index contributed by atoms with van der Waals surface area (Å²) in [6.45, 7) is 1.23. The summed E-state index contributed by atoms with van der Waals surface area (Å²) in [6, 6.07) is 11.2. The third-order valence-corrected chi connectivity index (χ3v) is 4.14. The number of aliphatic hydroxyl groups is 1. The maximum Gasteiger partial charge on any atom is 0.201 e. The lowest BCUT2D eigenvalue weighted by molar-refractivity contribution is 0.167. The van der Waals surface area contributed by atoms with E-state index >= 15 is 0 Å². The fraction of sp³-hybridized carbons (Fsp3) is 0.235. The molecule has 0 fully saturated rings. The summed E-state index contributed by atoms with van der Waals surface area (Å²) in [4.78, 5) is 7.58. The maximum absolute atomic E-state index is 10.4. The minimum atomic E-state index is -0.758. The summed E-state index contributed by atoms with van der Waals surface area (Å²) in [6.07, 6.45) is -0.758. The maximum atomic E-state index is 10.4. The van der Waals surface area contributed by atoms with Crippen molar-refractivity contribution in [2.24, 2.45) is 0 Å². The summed E-state index contributed by atoms with van der Waals surface area (Å²) in [5, 5.41) is 14.0. The minimum Gasteiger partial charge on any atom is -0.486 e. The van der Waals surface area contributed by atoms with Crippen LogP contribution in [0.25, 0.3) is 11.0 Å². The Bertz CT molecular complexity index is 848. The molecular weight excluding hydrogens is 330 g/mol. The molecule has 1 unspecified atom stereocenters. The van der Waals surface area contributed by atoms with Gasteiger partial charge in [-0.25, -0.2) is 4.98 Å². The molecule has 2 heterocycles. The molecule has 7 heteroatoms. The Morgan fingerprint density at radius 2 is 2.08 bits per heavy atom. The number of imidazole rings is 1. The first kappa shape index (κ1) is 15.1. The molecule has 0 radical (unpaired) electrons. The molecule has 0 bridgehead atoms. The number of rotatable bonds is 4. The van der Waals surface area contributed by atoms with Crippen LogP contribution < -0.4 is 14.8 Å². The quantitative estimate of drug-likeness (QED) is 0.677. The van der Waals surface area contributed by atoms with Crippen molar-refractivity contribution in [2.45, 2.75) is 6.10 Å². The van der Waals surface area contributed by atoms with Gasteiger partial charge in [-0.3, -0.25) is 0 Å². The Balaban J connectivity index is 1.49. The number of halogens is 1. The first-order valence-electron chi connectivity index (χ1n) is 7.66. The minimum absolute atomic E-state index is 0.287. The van der Waals surface area contributed by atoms with E-state index in [0.29, 0.717) is 41.2 Å². The smallest absolute Gasteiger partial charge is 0.201 e. The van der Waals surface area contributed by atoms with Crippen molar-refractivity contribution in [1.29, 1.82) is 0 Å². The Morgan fingerprint density at radius 1 is 1.25 bits per heavy atom. The highest BCUT2D eigenvalue weighted by atomic mass is 35.5. The first-order chi connectivity index (χ1) is 11.7. The fourth-order valence-electron chi connectivity index (χ4n) is 2.67. The van der Waals surface area contributed by atoms with Crippen molar-refractivity contribution in [3.63, 3.8) is 0 Å². The third kappa shape index (κ3) is 2.86. The number of aliphatic hydroxyl groups excluding tert-OH is 1. The number of aromatic amines is 1. The highest BCUT2D eigenvalue weighted by Crippen LogP contribution is 2.39. The predicted molar refractivity (Wildman–Crippen MR) is 92.0 cm³/mol. The number of fused-ring (bicyclic) bond motifs is 2. The Hall–Kier alpha value is -2.44. The molecule has 1 aliphatic heterocycles. The average molecular weight is 346 g/mol. The van der Waals surface area contributed by atoms with E-state index < -0.39 is 6.10 Å². The van der Waals surface area contributed by atoms with E-state index in [2.05, 4.69) is 15.3 Å². The zero-order valence-electron chi connectivity index (χ0n) is 12.8. The Kier molecular flexibility index (Phi) is 3.92. The number of aromatic nitrogens is 2. The Labute approximate surface area is 143 Å². The number of nitrogens with one attached hydrogen (secondary N) is 2. The van der Waals surface area contributed by atoms with Crippen LogP contribution in [0.3, 0.4) is 0 Å². The van der Waals surface area contributed by atoms with E-state index in [1.54, 1.807) is 12.1 Å². The zero-order chi connectivity index (χ0) is 16.5. The molecule has 0 aliphatic carbocycles. The van der Waals surface area contributed by atoms with Crippen LogP contribution in [0.5, 0.6) is 11.5 Å². The molecule has 0 saturated heterocycles. The van der Waals surface area contributed by atoms with Gasteiger partial charge >= 0.3 is 0 Å². The van der Waals surface area contributed by atoms with Gasteiger partial charge in [0.05, 0.1) is 22.2 Å². The lowest BCUT2D eigenvalue weighted by atomic mass is 10.1. The molecular formula is C17H16ClN3O3. The number of anilines is 1. The lowest BCUT2D eigenvalue weighted by Crippen LogP contribution is -2.17. The number of hydrogen-bond acceptors (Lipinski definition) is 5. The van der Waals surface area contributed by atoms with Crippen molar-refractivity contribution in [3.8, 4) is 11.5 Å². The average Bonchev–Trinajstić information content (AvgIpc) is 3.02. The summed E-state index contributed by atoms with van der Waals surface area (Å²) in [5.41, 5.74) is 2.47. The second kappa shape index (κ2) is 6.22. The van der Waals surface area contributed by atoms with Gasteiger partial charge in [0, 0.05) is 6.54 Å². The van der Waals surface area contributed by atoms with E-state index in [0.717, 1.165) is 11.0 Å². The molecule has 1 atom stereocenters. The SMILES string of the molecule is OC(CNc1nc2ccccc2[nH]1)c1cc(Cl)c2c(c1)OCCO2. The molecule has 2 aromatic carbocycles. The number of hydrogen-bond donors (Lipinski definition) is 3. The van der Waals surface area contributed by atoms with Crippen LogP contribution in [-0.2, 0) is 0 Å². The molecule has 1 aromatic heterocycles. The van der Waals surface area contributed by atoms with Crippen molar-refractivity contribution in [3.05, 3.63) is 47.0 Å². The van der Waals surface area contributed by atoms with Gasteiger partial charge in [0.15, 0.2) is 11.5 Å². The highest BCUT2D eigenvalue weighted by Gasteiger charge is 2.19. The standard InChI is InChI=1S/C17H16ClN3O3/c18-11-7-10(8-15-16(11)24-6-5-23-15)14(22)9-19-17-20-12-3-1-2-4-13(12)21-17/h1-4,7-8,14,22H,5-6,9H2,(H2,19,20,21). The van der Waals surface area contributed by atoms with Crippen LogP contribution in [0.2, 0.25) is 5.02 Å². The van der Waals surface area contributed by atoms with E-state index in [9.17, 15) is 5.11 Å². The molecule has 4 rings (SSSR count). The molecule has 3 N–H and O–H groups in total. The number of nitrogens with zero attached hydrogens (tertiary/aromatic N) is 1. The summed E-state index contributed by atoms with van der Waals surface area (Å²) in [7, 11) is 0. The van der Waals surface area contributed by atoms with E-state index in [-0.39, 0.29) is 6.54 Å². The summed E-state index contributed by atoms with van der Waals surface area (Å²) >= 11 is 6.21. The second-order valence-electron chi connectivity index (χ2n) is 5.53. The van der Waals surface area contributed by atoms with Gasteiger partial charge in [0.2, 0.25) is 5.95 Å². The first-order valence-corrected chi connectivity index (χ1v) is 8.04. The van der Waals surface area contributed by atoms with Gasteiger partial charge in [-0.05, 0) is 29.8 Å². The Morgan fingerprint density at radius 3 is 2.96 bits per heavy atom. The molecule has 1 aliphatic rings. The van der Waals surface area contributed by atoms with Crippen molar-refractivity contribution in [1.82, 2.24) is 9.97 Å². The van der Waals surface area contributed by atoms with Gasteiger partial charge in [-0.2, -0.15) is 0 Å². The lowest BCUT2D eigenvalue weighted by Gasteiger charge is -2.21. The molecule has 6 nitrogen and oxygen atoms in total. The zero-order valence-corrected chi connectivity index (χ0v) is 13.5. The second-order valence-corrected chi connectivity index (χ2v) is 5.93. The molecule has 0 spiro atoms. The molecule has 0 saturated carbocycles. The van der Waals surface area contributed by atoms with Crippen LogP contribution in [0.15, 0.2) is 36.4 Å². The van der Waals surface area contributed by atoms with Crippen LogP contribution in [0, 0.1) is 0 Å². The van der Waals surface area contributed by atoms with Gasteiger partial charge < -0.3 is 24.9 Å². The van der Waals surface area contributed by atoms with Gasteiger partial charge in [-0.1, -0.05) is 23.7 Å². The van der Waals surface area contributed by atoms with Crippen molar-refractivity contribution < 1.29 is 14.6 Å². The molecule has 124 valence electrons. The van der Waals surface area contributed by atoms with E-state index in [1.807, 2.05) is 24.3 Å². The predicted octanol–water partition coefficient (Wildman–Crippen LogP) is 3.13. The van der Waals surface area contributed by atoms with Crippen LogP contribution >= 0.6 is 11.6 Å². The van der Waals surface area contributed by atoms with E-state index in [4.69, 9.17) is 21.1 Å². The number of ether oxygens (including phenoxy) is 2. The molecule has 0 amide bonds. The molecule has 24 heavy (non-hydrogen) atoms. The number of H-pyrrole nitrogens is 1. The monoisotopic (exact) mass is 345 g/mol. The normalized spacial score (nSPS) is 14.6. The van der Waals surface area contributed by atoms with Crippen LogP contribution in [0.4, 0.5) is 5.95 Å². The summed E-state index contributed by atoms with van der Waals surface area (Å²) in [5.74, 6) is 1.70. The van der Waals surface area contributed by atoms with Gasteiger partial charge in [0.1, 0.15) is 13.2 Å². The summed E-state index contributed by atoms with van der Waals surface area (Å²) < 4.78 is 11.0. The topological polar surface area (TPSA) is 79.4 Å². The van der Waals surface area contributed by atoms with Crippen molar-refractivity contribution in [2.75, 3.05) is 25.1 Å². The van der Waals surface area contributed by atoms with Gasteiger partial charge in [0.25, 0.3) is 0 Å².